The van der Waals surface area contributed by atoms with Crippen molar-refractivity contribution in [3.05, 3.63) is 18.0 Å². The summed E-state index contributed by atoms with van der Waals surface area (Å²) in [6.07, 6.45) is 5.75. The average Bonchev–Trinajstić information content (AvgIpc) is 3.08. The molecule has 1 amide bonds. The molecule has 0 aromatic carbocycles. The molecule has 22 heavy (non-hydrogen) atoms. The second kappa shape index (κ2) is 6.01. The Labute approximate surface area is 132 Å². The molecule has 0 radical (unpaired) electrons. The summed E-state index contributed by atoms with van der Waals surface area (Å²) >= 11 is 0. The molecule has 0 aliphatic carbocycles. The van der Waals surface area contributed by atoms with E-state index in [9.17, 15) is 4.79 Å². The normalized spacial score (nSPS) is 25.0. The molecule has 1 aromatic heterocycles. The third-order valence-electron chi connectivity index (χ3n) is 5.40. The van der Waals surface area contributed by atoms with E-state index in [4.69, 9.17) is 4.74 Å². The smallest absolute Gasteiger partial charge is 0.257 e. The quantitative estimate of drug-likeness (QED) is 0.831. The van der Waals surface area contributed by atoms with E-state index >= 15 is 0 Å². The Balaban J connectivity index is 1.76. The van der Waals surface area contributed by atoms with E-state index in [-0.39, 0.29) is 11.3 Å². The van der Waals surface area contributed by atoms with Crippen molar-refractivity contribution in [2.24, 2.45) is 18.4 Å². The van der Waals surface area contributed by atoms with Crippen molar-refractivity contribution in [1.29, 1.82) is 0 Å². The van der Waals surface area contributed by atoms with Gasteiger partial charge < -0.3 is 14.5 Å². The topological polar surface area (TPSA) is 50.6 Å². The van der Waals surface area contributed by atoms with Gasteiger partial charge in [0.2, 0.25) is 0 Å². The van der Waals surface area contributed by atoms with Crippen molar-refractivity contribution in [3.8, 4) is 0 Å². The summed E-state index contributed by atoms with van der Waals surface area (Å²) in [5, 5.41) is 4.12. The fourth-order valence-electron chi connectivity index (χ4n) is 3.96. The highest BCUT2D eigenvalue weighted by Crippen LogP contribution is 2.44. The van der Waals surface area contributed by atoms with Crippen LogP contribution in [0.2, 0.25) is 0 Å². The lowest BCUT2D eigenvalue weighted by Gasteiger charge is -2.41. The first-order valence-electron chi connectivity index (χ1n) is 7.99. The zero-order valence-corrected chi connectivity index (χ0v) is 13.8. The maximum atomic E-state index is 12.7. The van der Waals surface area contributed by atoms with Gasteiger partial charge in [0, 0.05) is 39.4 Å². The first kappa shape index (κ1) is 15.5. The van der Waals surface area contributed by atoms with E-state index < -0.39 is 0 Å². The molecule has 2 fully saturated rings. The van der Waals surface area contributed by atoms with E-state index in [1.165, 1.54) is 0 Å². The maximum Gasteiger partial charge on any atom is 0.257 e. The molecule has 6 nitrogen and oxygen atoms in total. The van der Waals surface area contributed by atoms with Crippen LogP contribution in [0.25, 0.3) is 0 Å². The zero-order chi connectivity index (χ0) is 15.7. The first-order chi connectivity index (χ1) is 10.5. The highest BCUT2D eigenvalue weighted by Gasteiger charge is 2.48. The molecule has 1 aromatic rings. The number of likely N-dealkylation sites (tertiary alicyclic amines) is 2. The Bertz CT molecular complexity index is 534. The Morgan fingerprint density at radius 1 is 1.41 bits per heavy atom. The van der Waals surface area contributed by atoms with Gasteiger partial charge in [0.05, 0.1) is 18.4 Å². The largest absolute Gasteiger partial charge is 0.384 e. The molecule has 1 atom stereocenters. The van der Waals surface area contributed by atoms with Crippen LogP contribution in [-0.4, -0.2) is 72.4 Å². The second-order valence-corrected chi connectivity index (χ2v) is 6.91. The number of methoxy groups -OCH3 is 1. The number of hydrogen-bond acceptors (Lipinski definition) is 4. The summed E-state index contributed by atoms with van der Waals surface area (Å²) in [5.74, 6) is 0.539. The number of hydrogen-bond donors (Lipinski definition) is 0. The van der Waals surface area contributed by atoms with Crippen LogP contribution in [0.4, 0.5) is 0 Å². The third-order valence-corrected chi connectivity index (χ3v) is 5.40. The second-order valence-electron chi connectivity index (χ2n) is 6.91. The Kier molecular flexibility index (Phi) is 4.23. The number of nitrogens with zero attached hydrogens (tertiary/aromatic N) is 4. The van der Waals surface area contributed by atoms with Gasteiger partial charge in [0.15, 0.2) is 0 Å². The van der Waals surface area contributed by atoms with E-state index in [2.05, 4.69) is 17.0 Å². The number of amides is 1. The van der Waals surface area contributed by atoms with Crippen LogP contribution in [0.5, 0.6) is 0 Å². The lowest BCUT2D eigenvalue weighted by atomic mass is 9.71. The molecule has 0 unspecified atom stereocenters. The number of carbonyl (C=O) groups is 1. The first-order valence-corrected chi connectivity index (χ1v) is 7.99. The molecule has 3 rings (SSSR count). The minimum Gasteiger partial charge on any atom is -0.384 e. The molecule has 2 saturated heterocycles. The van der Waals surface area contributed by atoms with Crippen molar-refractivity contribution in [1.82, 2.24) is 19.6 Å². The fourth-order valence-corrected chi connectivity index (χ4v) is 3.96. The van der Waals surface area contributed by atoms with Crippen LogP contribution in [0, 0.1) is 11.3 Å². The molecule has 3 heterocycles. The molecule has 0 N–H and O–H groups in total. The van der Waals surface area contributed by atoms with Crippen LogP contribution in [0.3, 0.4) is 0 Å². The molecular formula is C16H26N4O2. The van der Waals surface area contributed by atoms with Crippen molar-refractivity contribution in [2.75, 3.05) is 46.9 Å². The maximum absolute atomic E-state index is 12.7. The van der Waals surface area contributed by atoms with E-state index in [1.54, 1.807) is 24.2 Å². The zero-order valence-electron chi connectivity index (χ0n) is 13.8. The van der Waals surface area contributed by atoms with Gasteiger partial charge in [-0.3, -0.25) is 9.48 Å². The van der Waals surface area contributed by atoms with Crippen LogP contribution in [0.1, 0.15) is 23.2 Å². The highest BCUT2D eigenvalue weighted by molar-refractivity contribution is 5.94. The molecule has 6 heteroatoms. The van der Waals surface area contributed by atoms with Crippen LogP contribution in [-0.2, 0) is 11.8 Å². The summed E-state index contributed by atoms with van der Waals surface area (Å²) in [4.78, 5) is 17.1. The van der Waals surface area contributed by atoms with Gasteiger partial charge in [-0.15, -0.1) is 0 Å². The molecule has 1 spiro atoms. The minimum absolute atomic E-state index is 0.102. The molecule has 2 aliphatic heterocycles. The third kappa shape index (κ3) is 2.77. The summed E-state index contributed by atoms with van der Waals surface area (Å²) < 4.78 is 7.13. The van der Waals surface area contributed by atoms with E-state index in [0.717, 1.165) is 45.6 Å². The summed E-state index contributed by atoms with van der Waals surface area (Å²) in [5.41, 5.74) is 0.907. The van der Waals surface area contributed by atoms with Crippen LogP contribution < -0.4 is 0 Å². The fraction of sp³-hybridized carbons (Fsp3) is 0.750. The lowest BCUT2D eigenvalue weighted by Crippen LogP contribution is -2.44. The molecule has 122 valence electrons. The van der Waals surface area contributed by atoms with Gasteiger partial charge in [-0.1, -0.05) is 0 Å². The number of carbonyl (C=O) groups excluding carboxylic acids is 1. The molecular weight excluding hydrogens is 280 g/mol. The monoisotopic (exact) mass is 306 g/mol. The number of piperidine rings is 1. The SMILES string of the molecule is COC[C@@H]1CN(C(=O)c2cnn(C)c2)CC12CCN(C)CC2. The van der Waals surface area contributed by atoms with Crippen molar-refractivity contribution < 1.29 is 9.53 Å². The molecule has 0 saturated carbocycles. The number of rotatable bonds is 3. The van der Waals surface area contributed by atoms with Crippen LogP contribution >= 0.6 is 0 Å². The van der Waals surface area contributed by atoms with Gasteiger partial charge >= 0.3 is 0 Å². The van der Waals surface area contributed by atoms with E-state index in [1.807, 2.05) is 11.9 Å². The van der Waals surface area contributed by atoms with E-state index in [0.29, 0.717) is 11.5 Å². The van der Waals surface area contributed by atoms with Gasteiger partial charge in [0.25, 0.3) is 5.91 Å². The predicted octanol–water partition coefficient (Wildman–Crippen LogP) is 0.851. The average molecular weight is 306 g/mol. The number of ether oxygens (including phenoxy) is 1. The standard InChI is InChI=1S/C16H26N4O2/c1-18-6-4-16(5-7-18)12-20(10-14(16)11-22-3)15(21)13-8-17-19(2)9-13/h8-9,14H,4-7,10-12H2,1-3H3/t14-/m0/s1. The van der Waals surface area contributed by atoms with Gasteiger partial charge in [-0.2, -0.15) is 5.10 Å². The van der Waals surface area contributed by atoms with Crippen molar-refractivity contribution in [2.45, 2.75) is 12.8 Å². The van der Waals surface area contributed by atoms with Gasteiger partial charge in [-0.05, 0) is 38.4 Å². The Morgan fingerprint density at radius 2 is 2.14 bits per heavy atom. The number of aryl methyl sites for hydroxylation is 1. The Morgan fingerprint density at radius 3 is 2.73 bits per heavy atom. The van der Waals surface area contributed by atoms with Gasteiger partial charge in [-0.25, -0.2) is 0 Å². The summed E-state index contributed by atoms with van der Waals surface area (Å²) in [7, 11) is 5.77. The number of aromatic nitrogens is 2. The van der Waals surface area contributed by atoms with Crippen molar-refractivity contribution >= 4 is 5.91 Å². The Hall–Kier alpha value is -1.40. The van der Waals surface area contributed by atoms with Crippen LogP contribution in [0.15, 0.2) is 12.4 Å². The van der Waals surface area contributed by atoms with Crippen molar-refractivity contribution in [3.63, 3.8) is 0 Å². The predicted molar refractivity (Wildman–Crippen MR) is 83.6 cm³/mol. The highest BCUT2D eigenvalue weighted by atomic mass is 16.5. The molecule has 0 bridgehead atoms. The summed E-state index contributed by atoms with van der Waals surface area (Å²) in [6.45, 7) is 4.60. The van der Waals surface area contributed by atoms with Gasteiger partial charge in [0.1, 0.15) is 0 Å². The minimum atomic E-state index is 0.102. The molecule has 2 aliphatic rings. The lowest BCUT2D eigenvalue weighted by molar-refractivity contribution is 0.0444. The summed E-state index contributed by atoms with van der Waals surface area (Å²) in [6, 6.07) is 0.